The normalized spacial score (nSPS) is 24.5. The molecule has 1 unspecified atom stereocenters. The number of aryl methyl sites for hydroxylation is 1. The Balaban J connectivity index is 1.90. The molecule has 1 atom stereocenters. The Morgan fingerprint density at radius 1 is 1.41 bits per heavy atom. The van der Waals surface area contributed by atoms with E-state index in [1.807, 2.05) is 0 Å². The van der Waals surface area contributed by atoms with E-state index in [0.717, 1.165) is 13.1 Å². The molecule has 2 rings (SSSR count). The largest absolute Gasteiger partial charge is 0.310 e. The van der Waals surface area contributed by atoms with E-state index in [9.17, 15) is 0 Å². The molecule has 1 aromatic rings. The van der Waals surface area contributed by atoms with Crippen LogP contribution in [-0.4, -0.2) is 30.6 Å². The van der Waals surface area contributed by atoms with Gasteiger partial charge in [-0.1, -0.05) is 29.8 Å². The lowest BCUT2D eigenvalue weighted by Crippen LogP contribution is -2.46. The molecule has 17 heavy (non-hydrogen) atoms. The van der Waals surface area contributed by atoms with Crippen LogP contribution in [0.5, 0.6) is 0 Å². The van der Waals surface area contributed by atoms with E-state index in [2.05, 4.69) is 55.4 Å². The molecule has 0 aliphatic carbocycles. The first-order valence-electron chi connectivity index (χ1n) is 6.57. The smallest absolute Gasteiger partial charge is 0.0280 e. The third-order valence-corrected chi connectivity index (χ3v) is 3.61. The van der Waals surface area contributed by atoms with Crippen molar-refractivity contribution in [3.05, 3.63) is 35.4 Å². The fraction of sp³-hybridized carbons (Fsp3) is 0.600. The SMILES string of the molecule is Cc1cccc(CN(C)CC2(C)CCCN2)c1. The summed E-state index contributed by atoms with van der Waals surface area (Å²) in [6.45, 7) is 7.84. The zero-order chi connectivity index (χ0) is 12.3. The molecule has 0 amide bonds. The Kier molecular flexibility index (Phi) is 3.85. The van der Waals surface area contributed by atoms with Crippen LogP contribution in [0.15, 0.2) is 24.3 Å². The predicted molar refractivity (Wildman–Crippen MR) is 73.2 cm³/mol. The lowest BCUT2D eigenvalue weighted by atomic mass is 9.99. The first-order valence-corrected chi connectivity index (χ1v) is 6.57. The fourth-order valence-electron chi connectivity index (χ4n) is 2.87. The summed E-state index contributed by atoms with van der Waals surface area (Å²) >= 11 is 0. The van der Waals surface area contributed by atoms with Crippen LogP contribution in [0.1, 0.15) is 30.9 Å². The Morgan fingerprint density at radius 3 is 2.88 bits per heavy atom. The van der Waals surface area contributed by atoms with Crippen molar-refractivity contribution in [3.63, 3.8) is 0 Å². The van der Waals surface area contributed by atoms with Gasteiger partial charge in [-0.15, -0.1) is 0 Å². The number of nitrogens with zero attached hydrogens (tertiary/aromatic N) is 1. The van der Waals surface area contributed by atoms with E-state index in [1.165, 1.54) is 30.5 Å². The summed E-state index contributed by atoms with van der Waals surface area (Å²) in [6, 6.07) is 8.80. The maximum absolute atomic E-state index is 3.62. The average Bonchev–Trinajstić information content (AvgIpc) is 2.64. The highest BCUT2D eigenvalue weighted by molar-refractivity contribution is 5.22. The predicted octanol–water partition coefficient (Wildman–Crippen LogP) is 2.57. The summed E-state index contributed by atoms with van der Waals surface area (Å²) in [5.41, 5.74) is 3.08. The molecule has 1 aliphatic rings. The summed E-state index contributed by atoms with van der Waals surface area (Å²) < 4.78 is 0. The Morgan fingerprint density at radius 2 is 2.24 bits per heavy atom. The van der Waals surface area contributed by atoms with Gasteiger partial charge in [0.25, 0.3) is 0 Å². The van der Waals surface area contributed by atoms with Gasteiger partial charge in [-0.05, 0) is 45.8 Å². The molecule has 0 aromatic heterocycles. The van der Waals surface area contributed by atoms with Gasteiger partial charge in [-0.2, -0.15) is 0 Å². The van der Waals surface area contributed by atoms with E-state index >= 15 is 0 Å². The van der Waals surface area contributed by atoms with Gasteiger partial charge in [0.2, 0.25) is 0 Å². The van der Waals surface area contributed by atoms with Gasteiger partial charge in [0.15, 0.2) is 0 Å². The van der Waals surface area contributed by atoms with Crippen LogP contribution in [0.25, 0.3) is 0 Å². The molecule has 1 N–H and O–H groups in total. The van der Waals surface area contributed by atoms with E-state index in [-0.39, 0.29) is 0 Å². The van der Waals surface area contributed by atoms with Crippen molar-refractivity contribution in [2.45, 2.75) is 38.8 Å². The highest BCUT2D eigenvalue weighted by Gasteiger charge is 2.28. The van der Waals surface area contributed by atoms with Gasteiger partial charge in [-0.25, -0.2) is 0 Å². The van der Waals surface area contributed by atoms with Crippen molar-refractivity contribution in [2.24, 2.45) is 0 Å². The third-order valence-electron chi connectivity index (χ3n) is 3.61. The van der Waals surface area contributed by atoms with Crippen LogP contribution in [-0.2, 0) is 6.54 Å². The number of likely N-dealkylation sites (N-methyl/N-ethyl adjacent to an activating group) is 1. The number of benzene rings is 1. The lowest BCUT2D eigenvalue weighted by Gasteiger charge is -2.30. The summed E-state index contributed by atoms with van der Waals surface area (Å²) in [4.78, 5) is 2.42. The highest BCUT2D eigenvalue weighted by atomic mass is 15.1. The molecule has 1 heterocycles. The van der Waals surface area contributed by atoms with Crippen LogP contribution in [0, 0.1) is 6.92 Å². The number of hydrogen-bond acceptors (Lipinski definition) is 2. The molecule has 2 nitrogen and oxygen atoms in total. The molecule has 1 aromatic carbocycles. The van der Waals surface area contributed by atoms with Crippen molar-refractivity contribution in [3.8, 4) is 0 Å². The zero-order valence-electron chi connectivity index (χ0n) is 11.3. The van der Waals surface area contributed by atoms with Crippen molar-refractivity contribution in [1.29, 1.82) is 0 Å². The van der Waals surface area contributed by atoms with E-state index in [0.29, 0.717) is 5.54 Å². The molecule has 2 heteroatoms. The van der Waals surface area contributed by atoms with Gasteiger partial charge < -0.3 is 10.2 Å². The lowest BCUT2D eigenvalue weighted by molar-refractivity contribution is 0.234. The van der Waals surface area contributed by atoms with Crippen LogP contribution in [0.3, 0.4) is 0 Å². The van der Waals surface area contributed by atoms with Gasteiger partial charge >= 0.3 is 0 Å². The van der Waals surface area contributed by atoms with Crippen LogP contribution in [0.2, 0.25) is 0 Å². The molecular weight excluding hydrogens is 208 g/mol. The fourth-order valence-corrected chi connectivity index (χ4v) is 2.87. The molecule has 0 spiro atoms. The van der Waals surface area contributed by atoms with Gasteiger partial charge in [0, 0.05) is 18.6 Å². The van der Waals surface area contributed by atoms with E-state index in [4.69, 9.17) is 0 Å². The average molecular weight is 232 g/mol. The van der Waals surface area contributed by atoms with E-state index in [1.54, 1.807) is 0 Å². The number of nitrogens with one attached hydrogen (secondary N) is 1. The second-order valence-electron chi connectivity index (χ2n) is 5.75. The minimum atomic E-state index is 0.318. The molecule has 1 saturated heterocycles. The summed E-state index contributed by atoms with van der Waals surface area (Å²) in [5.74, 6) is 0. The second kappa shape index (κ2) is 5.19. The number of hydrogen-bond donors (Lipinski definition) is 1. The molecule has 1 fully saturated rings. The van der Waals surface area contributed by atoms with Gasteiger partial charge in [-0.3, -0.25) is 0 Å². The standard InChI is InChI=1S/C15H24N2/c1-13-6-4-7-14(10-13)11-17(3)12-15(2)8-5-9-16-15/h4,6-7,10,16H,5,8-9,11-12H2,1-3H3. The quantitative estimate of drug-likeness (QED) is 0.858. The summed E-state index contributed by atoms with van der Waals surface area (Å²) in [5, 5.41) is 3.62. The van der Waals surface area contributed by atoms with Crippen molar-refractivity contribution >= 4 is 0 Å². The van der Waals surface area contributed by atoms with E-state index < -0.39 is 0 Å². The summed E-state index contributed by atoms with van der Waals surface area (Å²) in [7, 11) is 2.22. The maximum Gasteiger partial charge on any atom is 0.0280 e. The molecular formula is C15H24N2. The maximum atomic E-state index is 3.62. The van der Waals surface area contributed by atoms with Gasteiger partial charge in [0.05, 0.1) is 0 Å². The number of rotatable bonds is 4. The molecule has 1 aliphatic heterocycles. The molecule has 94 valence electrons. The van der Waals surface area contributed by atoms with Crippen LogP contribution in [0.4, 0.5) is 0 Å². The Labute approximate surface area is 105 Å². The molecule has 0 radical (unpaired) electrons. The molecule has 0 bridgehead atoms. The third kappa shape index (κ3) is 3.55. The summed E-state index contributed by atoms with van der Waals surface area (Å²) in [6.07, 6.45) is 2.61. The topological polar surface area (TPSA) is 15.3 Å². The Hall–Kier alpha value is -0.860. The zero-order valence-corrected chi connectivity index (χ0v) is 11.3. The highest BCUT2D eigenvalue weighted by Crippen LogP contribution is 2.20. The van der Waals surface area contributed by atoms with Crippen molar-refractivity contribution in [1.82, 2.24) is 10.2 Å². The molecule has 0 saturated carbocycles. The van der Waals surface area contributed by atoms with Crippen molar-refractivity contribution in [2.75, 3.05) is 20.1 Å². The minimum Gasteiger partial charge on any atom is -0.310 e. The first-order chi connectivity index (χ1) is 8.07. The van der Waals surface area contributed by atoms with Crippen molar-refractivity contribution < 1.29 is 0 Å². The minimum absolute atomic E-state index is 0.318. The van der Waals surface area contributed by atoms with Crippen LogP contribution < -0.4 is 5.32 Å². The second-order valence-corrected chi connectivity index (χ2v) is 5.75. The monoisotopic (exact) mass is 232 g/mol. The Bertz CT molecular complexity index is 367. The van der Waals surface area contributed by atoms with Crippen LogP contribution >= 0.6 is 0 Å². The first kappa shape index (κ1) is 12.6. The van der Waals surface area contributed by atoms with Gasteiger partial charge in [0.1, 0.15) is 0 Å².